The Bertz CT molecular complexity index is 1370. The van der Waals surface area contributed by atoms with Crippen molar-refractivity contribution >= 4 is 0 Å². The highest BCUT2D eigenvalue weighted by molar-refractivity contribution is 5.84. The summed E-state index contributed by atoms with van der Waals surface area (Å²) in [5, 5.41) is 13.9. The third-order valence-corrected chi connectivity index (χ3v) is 5.38. The van der Waals surface area contributed by atoms with Crippen LogP contribution in [0.15, 0.2) is 53.3 Å². The number of hydrogen-bond acceptors (Lipinski definition) is 6. The number of aromatic nitrogens is 5. The van der Waals surface area contributed by atoms with Gasteiger partial charge in [0, 0.05) is 23.6 Å². The molecule has 0 amide bonds. The van der Waals surface area contributed by atoms with Crippen molar-refractivity contribution in [1.82, 2.24) is 25.6 Å². The number of rotatable bonds is 9. The van der Waals surface area contributed by atoms with Gasteiger partial charge in [-0.1, -0.05) is 29.8 Å². The Labute approximate surface area is 204 Å². The van der Waals surface area contributed by atoms with Gasteiger partial charge in [0.05, 0.1) is 24.5 Å². The van der Waals surface area contributed by atoms with E-state index in [1.165, 1.54) is 0 Å². The second-order valence-electron chi connectivity index (χ2n) is 8.06. The number of alkyl halides is 3. The lowest BCUT2D eigenvalue weighted by Crippen LogP contribution is -2.13. The number of hydrogen-bond donors (Lipinski definition) is 2. The molecule has 0 aliphatic rings. The number of aromatic amines is 2. The fourth-order valence-corrected chi connectivity index (χ4v) is 3.71. The van der Waals surface area contributed by atoms with Crippen molar-refractivity contribution in [3.05, 3.63) is 64.4 Å². The first-order valence-electron chi connectivity index (χ1n) is 11.3. The van der Waals surface area contributed by atoms with Gasteiger partial charge in [0.25, 0.3) is 5.56 Å². The molecule has 2 aromatic carbocycles. The lowest BCUT2D eigenvalue weighted by molar-refractivity contribution is -0.136. The second kappa shape index (κ2) is 10.6. The van der Waals surface area contributed by atoms with Crippen LogP contribution >= 0.6 is 0 Å². The van der Waals surface area contributed by atoms with Gasteiger partial charge in [-0.25, -0.2) is 0 Å². The largest absolute Gasteiger partial charge is 0.493 e. The van der Waals surface area contributed by atoms with Gasteiger partial charge in [-0.05, 0) is 49.2 Å². The van der Waals surface area contributed by atoms with Crippen LogP contribution in [0, 0.1) is 6.92 Å². The van der Waals surface area contributed by atoms with E-state index in [9.17, 15) is 18.0 Å². The summed E-state index contributed by atoms with van der Waals surface area (Å²) in [4.78, 5) is 16.1. The minimum Gasteiger partial charge on any atom is -0.493 e. The number of nitrogens with zero attached hydrogens (tertiary/aromatic N) is 3. The quantitative estimate of drug-likeness (QED) is 0.302. The molecule has 0 fully saturated rings. The fourth-order valence-electron chi connectivity index (χ4n) is 3.71. The van der Waals surface area contributed by atoms with Crippen molar-refractivity contribution in [1.29, 1.82) is 0 Å². The van der Waals surface area contributed by atoms with Gasteiger partial charge in [-0.2, -0.15) is 18.4 Å². The summed E-state index contributed by atoms with van der Waals surface area (Å²) >= 11 is 0. The van der Waals surface area contributed by atoms with E-state index in [2.05, 4.69) is 25.6 Å². The average molecular weight is 499 g/mol. The maximum absolute atomic E-state index is 13.2. The Morgan fingerprint density at radius 1 is 1.00 bits per heavy atom. The third kappa shape index (κ3) is 5.91. The van der Waals surface area contributed by atoms with Crippen molar-refractivity contribution in [2.24, 2.45) is 0 Å². The van der Waals surface area contributed by atoms with Crippen LogP contribution in [0.25, 0.3) is 33.8 Å². The molecule has 0 aliphatic carbocycles. The third-order valence-electron chi connectivity index (χ3n) is 5.38. The number of halogens is 3. The van der Waals surface area contributed by atoms with Gasteiger partial charge < -0.3 is 14.5 Å². The Morgan fingerprint density at radius 3 is 2.44 bits per heavy atom. The highest BCUT2D eigenvalue weighted by Gasteiger charge is 2.26. The first kappa shape index (κ1) is 25.0. The lowest BCUT2D eigenvalue weighted by atomic mass is 9.97. The van der Waals surface area contributed by atoms with Gasteiger partial charge in [0.1, 0.15) is 11.5 Å². The summed E-state index contributed by atoms with van der Waals surface area (Å²) in [6.45, 7) is 4.02. The van der Waals surface area contributed by atoms with Gasteiger partial charge >= 0.3 is 6.18 Å². The molecule has 11 heteroatoms. The van der Waals surface area contributed by atoms with Crippen LogP contribution in [0.5, 0.6) is 11.5 Å². The maximum Gasteiger partial charge on any atom is 0.389 e. The number of benzene rings is 2. The van der Waals surface area contributed by atoms with E-state index in [0.29, 0.717) is 34.9 Å². The molecule has 0 saturated heterocycles. The minimum absolute atomic E-state index is 0.0851. The molecule has 0 radical (unpaired) electrons. The zero-order valence-corrected chi connectivity index (χ0v) is 19.6. The highest BCUT2D eigenvalue weighted by atomic mass is 19.4. The van der Waals surface area contributed by atoms with Crippen LogP contribution in [0.1, 0.15) is 25.3 Å². The molecule has 4 rings (SSSR count). The van der Waals surface area contributed by atoms with E-state index in [-0.39, 0.29) is 24.4 Å². The van der Waals surface area contributed by atoms with Crippen LogP contribution in [0.2, 0.25) is 0 Å². The van der Waals surface area contributed by atoms with E-state index in [1.807, 2.05) is 31.2 Å². The molecule has 188 valence electrons. The maximum atomic E-state index is 13.2. The van der Waals surface area contributed by atoms with Crippen LogP contribution in [-0.2, 0) is 0 Å². The summed E-state index contributed by atoms with van der Waals surface area (Å²) in [5.74, 6) is 0.948. The normalized spacial score (nSPS) is 11.5. The Morgan fingerprint density at radius 2 is 1.78 bits per heavy atom. The Hall–Kier alpha value is -4.15. The van der Waals surface area contributed by atoms with Crippen LogP contribution in [-0.4, -0.2) is 45.0 Å². The van der Waals surface area contributed by atoms with Gasteiger partial charge in [-0.15, -0.1) is 10.2 Å². The molecule has 2 N–H and O–H groups in total. The van der Waals surface area contributed by atoms with E-state index in [0.717, 1.165) is 11.1 Å². The summed E-state index contributed by atoms with van der Waals surface area (Å²) in [6.07, 6.45) is -5.29. The van der Waals surface area contributed by atoms with Gasteiger partial charge in [0.2, 0.25) is 5.82 Å². The molecule has 0 aliphatic heterocycles. The van der Waals surface area contributed by atoms with Gasteiger partial charge in [0.15, 0.2) is 0 Å². The number of pyridine rings is 1. The molecule has 2 heterocycles. The summed E-state index contributed by atoms with van der Waals surface area (Å²) in [5.41, 5.74) is 3.37. The molecule has 4 aromatic rings. The molecule has 36 heavy (non-hydrogen) atoms. The summed E-state index contributed by atoms with van der Waals surface area (Å²) in [6, 6.07) is 14.4. The van der Waals surface area contributed by atoms with E-state index >= 15 is 0 Å². The zero-order chi connectivity index (χ0) is 25.7. The molecule has 0 atom stereocenters. The van der Waals surface area contributed by atoms with Crippen LogP contribution in [0.3, 0.4) is 0 Å². The molecule has 0 spiro atoms. The zero-order valence-electron chi connectivity index (χ0n) is 19.6. The number of tetrazole rings is 1. The van der Waals surface area contributed by atoms with Crippen LogP contribution < -0.4 is 15.0 Å². The second-order valence-corrected chi connectivity index (χ2v) is 8.06. The number of H-pyrrole nitrogens is 2. The summed E-state index contributed by atoms with van der Waals surface area (Å²) < 4.78 is 48.5. The molecule has 2 aromatic heterocycles. The van der Waals surface area contributed by atoms with Crippen molar-refractivity contribution in [2.75, 3.05) is 13.2 Å². The first-order valence-corrected chi connectivity index (χ1v) is 11.3. The standard InChI is InChI=1S/C25H24F3N5O3/c1-3-35-21-13-17(36-12-4-11-25(26,27)28)9-10-18(21)20-14-19(16-7-5-15(2)6-8-16)22(24(34)29-20)23-30-32-33-31-23/h5-10,13-14H,3-4,11-12H2,1-2H3,(H,29,34)(H,30,31,32,33). The van der Waals surface area contributed by atoms with Gasteiger partial charge in [-0.3, -0.25) is 4.79 Å². The topological polar surface area (TPSA) is 106 Å². The van der Waals surface area contributed by atoms with E-state index < -0.39 is 18.2 Å². The number of ether oxygens (including phenoxy) is 2. The predicted molar refractivity (Wildman–Crippen MR) is 128 cm³/mol. The number of nitrogens with one attached hydrogen (secondary N) is 2. The molecule has 0 unspecified atom stereocenters. The molecular formula is C25H24F3N5O3. The lowest BCUT2D eigenvalue weighted by Gasteiger charge is -2.15. The smallest absolute Gasteiger partial charge is 0.389 e. The minimum atomic E-state index is -4.22. The molecule has 8 nitrogen and oxygen atoms in total. The summed E-state index contributed by atoms with van der Waals surface area (Å²) in [7, 11) is 0. The Balaban J connectivity index is 1.73. The van der Waals surface area contributed by atoms with Crippen molar-refractivity contribution in [2.45, 2.75) is 32.9 Å². The Kier molecular flexibility index (Phi) is 7.37. The van der Waals surface area contributed by atoms with Crippen LogP contribution in [0.4, 0.5) is 13.2 Å². The average Bonchev–Trinajstić information content (AvgIpc) is 3.36. The predicted octanol–water partition coefficient (Wildman–Crippen LogP) is 5.32. The molecule has 0 saturated carbocycles. The number of aryl methyl sites for hydroxylation is 1. The van der Waals surface area contributed by atoms with E-state index in [1.54, 1.807) is 31.2 Å². The highest BCUT2D eigenvalue weighted by Crippen LogP contribution is 2.36. The van der Waals surface area contributed by atoms with E-state index in [4.69, 9.17) is 9.47 Å². The first-order chi connectivity index (χ1) is 17.2. The molecule has 0 bridgehead atoms. The fraction of sp³-hybridized carbons (Fsp3) is 0.280. The van der Waals surface area contributed by atoms with Crippen molar-refractivity contribution in [3.8, 4) is 45.3 Å². The van der Waals surface area contributed by atoms with Crippen molar-refractivity contribution < 1.29 is 22.6 Å². The molecular weight excluding hydrogens is 475 g/mol. The monoisotopic (exact) mass is 499 g/mol. The SMILES string of the molecule is CCOc1cc(OCCCC(F)(F)F)ccc1-c1cc(-c2ccc(C)cc2)c(-c2nn[nH]n2)c(=O)[nH]1. The van der Waals surface area contributed by atoms with Crippen molar-refractivity contribution in [3.63, 3.8) is 0 Å².